The molecule has 0 N–H and O–H groups in total. The van der Waals surface area contributed by atoms with Crippen molar-refractivity contribution in [1.29, 1.82) is 0 Å². The van der Waals surface area contributed by atoms with E-state index in [1.807, 2.05) is 18.2 Å². The molecule has 2 heterocycles. The third kappa shape index (κ3) is 2.22. The van der Waals surface area contributed by atoms with Gasteiger partial charge in [0.1, 0.15) is 10.2 Å². The molecule has 0 aliphatic carbocycles. The first kappa shape index (κ1) is 11.0. The van der Waals surface area contributed by atoms with Gasteiger partial charge in [-0.2, -0.15) is 0 Å². The second-order valence-electron chi connectivity index (χ2n) is 3.70. The molecule has 1 aliphatic rings. The van der Waals surface area contributed by atoms with Gasteiger partial charge in [0, 0.05) is 13.7 Å². The molecule has 4 heteroatoms. The maximum Gasteiger partial charge on any atom is 0.133 e. The van der Waals surface area contributed by atoms with Crippen LogP contribution in [0.3, 0.4) is 0 Å². The minimum absolute atomic E-state index is 0.359. The number of hydrogen-bond donors (Lipinski definition) is 0. The average molecular weight is 272 g/mol. The standard InChI is InChI=1S/C11H14BrNO2/c1-14-11(6-3-7-15-8-11)9-4-2-5-10(12)13-9/h2,4-5H,3,6-8H2,1H3. The predicted molar refractivity (Wildman–Crippen MR) is 60.7 cm³/mol. The van der Waals surface area contributed by atoms with Gasteiger partial charge in [-0.25, -0.2) is 4.98 Å². The van der Waals surface area contributed by atoms with Crippen LogP contribution in [-0.2, 0) is 15.1 Å². The fourth-order valence-electron chi connectivity index (χ4n) is 1.90. The molecule has 0 radical (unpaired) electrons. The summed E-state index contributed by atoms with van der Waals surface area (Å²) in [4.78, 5) is 4.45. The Bertz CT molecular complexity index is 337. The molecule has 1 fully saturated rings. The maximum atomic E-state index is 5.61. The summed E-state index contributed by atoms with van der Waals surface area (Å²) in [6.07, 6.45) is 1.98. The molecule has 15 heavy (non-hydrogen) atoms. The molecule has 0 aromatic carbocycles. The Morgan fingerprint density at radius 2 is 2.40 bits per heavy atom. The Morgan fingerprint density at radius 3 is 3.00 bits per heavy atom. The van der Waals surface area contributed by atoms with Gasteiger partial charge in [-0.3, -0.25) is 0 Å². The summed E-state index contributed by atoms with van der Waals surface area (Å²) < 4.78 is 11.9. The minimum atomic E-state index is -0.359. The molecule has 1 aromatic heterocycles. The highest BCUT2D eigenvalue weighted by Gasteiger charge is 2.36. The summed E-state index contributed by atoms with van der Waals surface area (Å²) in [5, 5.41) is 0. The van der Waals surface area contributed by atoms with E-state index in [-0.39, 0.29) is 5.60 Å². The molecule has 1 atom stereocenters. The zero-order chi connectivity index (χ0) is 10.7. The van der Waals surface area contributed by atoms with E-state index < -0.39 is 0 Å². The molecule has 0 amide bonds. The Labute approximate surface area is 97.9 Å². The molecule has 1 saturated heterocycles. The van der Waals surface area contributed by atoms with Gasteiger partial charge in [0.15, 0.2) is 0 Å². The van der Waals surface area contributed by atoms with E-state index >= 15 is 0 Å². The normalized spacial score (nSPS) is 26.5. The quantitative estimate of drug-likeness (QED) is 0.775. The molecule has 0 spiro atoms. The minimum Gasteiger partial charge on any atom is -0.378 e. The van der Waals surface area contributed by atoms with Crippen molar-refractivity contribution in [2.75, 3.05) is 20.3 Å². The zero-order valence-corrected chi connectivity index (χ0v) is 10.3. The van der Waals surface area contributed by atoms with E-state index in [4.69, 9.17) is 9.47 Å². The first-order chi connectivity index (χ1) is 7.27. The number of hydrogen-bond acceptors (Lipinski definition) is 3. The lowest BCUT2D eigenvalue weighted by molar-refractivity contribution is -0.117. The first-order valence-corrected chi connectivity index (χ1v) is 5.82. The van der Waals surface area contributed by atoms with Crippen LogP contribution in [-0.4, -0.2) is 25.3 Å². The van der Waals surface area contributed by atoms with Crippen LogP contribution in [0.5, 0.6) is 0 Å². The lowest BCUT2D eigenvalue weighted by Gasteiger charge is -2.35. The first-order valence-electron chi connectivity index (χ1n) is 5.03. The van der Waals surface area contributed by atoms with Gasteiger partial charge in [-0.1, -0.05) is 6.07 Å². The molecule has 1 aliphatic heterocycles. The van der Waals surface area contributed by atoms with Crippen molar-refractivity contribution in [1.82, 2.24) is 4.98 Å². The van der Waals surface area contributed by atoms with Crippen molar-refractivity contribution < 1.29 is 9.47 Å². The van der Waals surface area contributed by atoms with Crippen molar-refractivity contribution in [2.24, 2.45) is 0 Å². The largest absolute Gasteiger partial charge is 0.378 e. The molecule has 1 unspecified atom stereocenters. The topological polar surface area (TPSA) is 31.4 Å². The second-order valence-corrected chi connectivity index (χ2v) is 4.51. The third-order valence-electron chi connectivity index (χ3n) is 2.78. The Morgan fingerprint density at radius 1 is 1.53 bits per heavy atom. The van der Waals surface area contributed by atoms with Crippen molar-refractivity contribution in [3.8, 4) is 0 Å². The molecule has 2 rings (SSSR count). The van der Waals surface area contributed by atoms with Crippen molar-refractivity contribution in [3.05, 3.63) is 28.5 Å². The number of pyridine rings is 1. The third-order valence-corrected chi connectivity index (χ3v) is 3.22. The average Bonchev–Trinajstić information content (AvgIpc) is 2.30. The molecule has 82 valence electrons. The van der Waals surface area contributed by atoms with Gasteiger partial charge < -0.3 is 9.47 Å². The number of rotatable bonds is 2. The van der Waals surface area contributed by atoms with E-state index in [0.29, 0.717) is 6.61 Å². The number of nitrogens with zero attached hydrogens (tertiary/aromatic N) is 1. The zero-order valence-electron chi connectivity index (χ0n) is 8.70. The van der Waals surface area contributed by atoms with Crippen LogP contribution < -0.4 is 0 Å². The second kappa shape index (κ2) is 4.60. The van der Waals surface area contributed by atoms with Crippen LogP contribution in [0.15, 0.2) is 22.8 Å². The molecular weight excluding hydrogens is 258 g/mol. The number of aromatic nitrogens is 1. The maximum absolute atomic E-state index is 5.61. The predicted octanol–water partition coefficient (Wildman–Crippen LogP) is 2.50. The number of halogens is 1. The molecular formula is C11H14BrNO2. The summed E-state index contributed by atoms with van der Waals surface area (Å²) in [6, 6.07) is 5.88. The fourth-order valence-corrected chi connectivity index (χ4v) is 2.24. The fraction of sp³-hybridized carbons (Fsp3) is 0.545. The van der Waals surface area contributed by atoms with E-state index in [1.54, 1.807) is 7.11 Å². The summed E-state index contributed by atoms with van der Waals surface area (Å²) in [5.74, 6) is 0. The lowest BCUT2D eigenvalue weighted by atomic mass is 9.92. The summed E-state index contributed by atoms with van der Waals surface area (Å²) in [5.41, 5.74) is 0.584. The van der Waals surface area contributed by atoms with Crippen LogP contribution in [0.25, 0.3) is 0 Å². The van der Waals surface area contributed by atoms with E-state index in [0.717, 1.165) is 29.7 Å². The van der Waals surface area contributed by atoms with Gasteiger partial charge >= 0.3 is 0 Å². The summed E-state index contributed by atoms with van der Waals surface area (Å²) in [7, 11) is 1.72. The van der Waals surface area contributed by atoms with Crippen LogP contribution in [0.2, 0.25) is 0 Å². The van der Waals surface area contributed by atoms with Gasteiger partial charge in [-0.05, 0) is 40.9 Å². The van der Waals surface area contributed by atoms with Crippen molar-refractivity contribution in [2.45, 2.75) is 18.4 Å². The van der Waals surface area contributed by atoms with E-state index in [1.165, 1.54) is 0 Å². The van der Waals surface area contributed by atoms with Crippen molar-refractivity contribution >= 4 is 15.9 Å². The molecule has 1 aromatic rings. The van der Waals surface area contributed by atoms with Crippen LogP contribution in [0.4, 0.5) is 0 Å². The number of methoxy groups -OCH3 is 1. The number of ether oxygens (including phenoxy) is 2. The smallest absolute Gasteiger partial charge is 0.133 e. The SMILES string of the molecule is COC1(c2cccc(Br)n2)CCCOC1. The van der Waals surface area contributed by atoms with Crippen LogP contribution in [0, 0.1) is 0 Å². The Hall–Kier alpha value is -0.450. The van der Waals surface area contributed by atoms with Crippen LogP contribution in [0.1, 0.15) is 18.5 Å². The molecule has 0 saturated carbocycles. The highest BCUT2D eigenvalue weighted by molar-refractivity contribution is 9.10. The highest BCUT2D eigenvalue weighted by atomic mass is 79.9. The highest BCUT2D eigenvalue weighted by Crippen LogP contribution is 2.32. The molecule has 3 nitrogen and oxygen atoms in total. The summed E-state index contributed by atoms with van der Waals surface area (Å²) in [6.45, 7) is 1.41. The Balaban J connectivity index is 2.32. The summed E-state index contributed by atoms with van der Waals surface area (Å²) >= 11 is 3.37. The van der Waals surface area contributed by atoms with Crippen LogP contribution >= 0.6 is 15.9 Å². The molecule has 0 bridgehead atoms. The van der Waals surface area contributed by atoms with Gasteiger partial charge in [0.2, 0.25) is 0 Å². The lowest BCUT2D eigenvalue weighted by Crippen LogP contribution is -2.38. The van der Waals surface area contributed by atoms with E-state index in [9.17, 15) is 0 Å². The Kier molecular flexibility index (Phi) is 3.38. The van der Waals surface area contributed by atoms with Gasteiger partial charge in [0.25, 0.3) is 0 Å². The van der Waals surface area contributed by atoms with Gasteiger partial charge in [-0.15, -0.1) is 0 Å². The van der Waals surface area contributed by atoms with Crippen molar-refractivity contribution in [3.63, 3.8) is 0 Å². The van der Waals surface area contributed by atoms with Gasteiger partial charge in [0.05, 0.1) is 12.3 Å². The monoisotopic (exact) mass is 271 g/mol. The van der Waals surface area contributed by atoms with E-state index in [2.05, 4.69) is 20.9 Å².